The smallest absolute Gasteiger partial charge is 0.289 e. The number of piperidine rings is 1. The number of carbonyl (C=O) groups is 2. The van der Waals surface area contributed by atoms with Crippen molar-refractivity contribution in [1.29, 1.82) is 0 Å². The molecule has 0 radical (unpaired) electrons. The van der Waals surface area contributed by atoms with Gasteiger partial charge in [-0.05, 0) is 43.2 Å². The highest BCUT2D eigenvalue weighted by Crippen LogP contribution is 2.32. The lowest BCUT2D eigenvalue weighted by atomic mass is 9.97. The first-order valence-electron chi connectivity index (χ1n) is 10.9. The molecule has 1 aliphatic heterocycles. The maximum Gasteiger partial charge on any atom is 0.289 e. The van der Waals surface area contributed by atoms with E-state index in [1.165, 1.54) is 18.4 Å². The monoisotopic (exact) mass is 495 g/mol. The number of hydrogen-bond donors (Lipinski definition) is 1. The number of furan rings is 1. The second-order valence-corrected chi connectivity index (χ2v) is 9.41. The van der Waals surface area contributed by atoms with E-state index in [0.29, 0.717) is 46.6 Å². The number of anilines is 1. The van der Waals surface area contributed by atoms with E-state index in [2.05, 4.69) is 10.3 Å². The second-order valence-electron chi connectivity index (χ2n) is 8.08. The number of para-hydroxylation sites is 1. The number of benzene rings is 2. The number of rotatable bonds is 5. The number of carbonyl (C=O) groups excluding carboxylic acids is 2. The highest BCUT2D eigenvalue weighted by atomic mass is 35.5. The summed E-state index contributed by atoms with van der Waals surface area (Å²) in [4.78, 5) is 32.0. The third kappa shape index (κ3) is 4.51. The molecule has 4 aromatic rings. The van der Waals surface area contributed by atoms with Gasteiger partial charge in [0.15, 0.2) is 5.76 Å². The van der Waals surface area contributed by atoms with Crippen LogP contribution >= 0.6 is 22.9 Å². The first kappa shape index (κ1) is 22.4. The Balaban J connectivity index is 1.21. The van der Waals surface area contributed by atoms with E-state index in [1.54, 1.807) is 29.6 Å². The number of thiazole rings is 1. The van der Waals surface area contributed by atoms with Crippen molar-refractivity contribution in [2.45, 2.75) is 18.8 Å². The molecule has 0 unspecified atom stereocenters. The molecule has 5 rings (SSSR count). The normalized spacial score (nSPS) is 14.4. The molecule has 9 heteroatoms. The predicted molar refractivity (Wildman–Crippen MR) is 132 cm³/mol. The predicted octanol–water partition coefficient (Wildman–Crippen LogP) is 5.82. The Labute approximate surface area is 205 Å². The number of aromatic nitrogens is 1. The van der Waals surface area contributed by atoms with E-state index < -0.39 is 0 Å². The number of ether oxygens (including phenoxy) is 1. The molecule has 0 atom stereocenters. The number of methoxy groups -OCH3 is 1. The van der Waals surface area contributed by atoms with Crippen molar-refractivity contribution in [3.63, 3.8) is 0 Å². The molecule has 2 aromatic heterocycles. The van der Waals surface area contributed by atoms with Crippen LogP contribution in [-0.4, -0.2) is 41.9 Å². The van der Waals surface area contributed by atoms with Gasteiger partial charge >= 0.3 is 0 Å². The van der Waals surface area contributed by atoms with Crippen molar-refractivity contribution in [1.82, 2.24) is 9.88 Å². The minimum atomic E-state index is -0.319. The first-order chi connectivity index (χ1) is 16.5. The molecule has 174 valence electrons. The molecule has 1 N–H and O–H groups in total. The van der Waals surface area contributed by atoms with Crippen molar-refractivity contribution >= 4 is 51.4 Å². The number of nitrogens with zero attached hydrogens (tertiary/aromatic N) is 2. The largest absolute Gasteiger partial charge is 0.495 e. The number of amides is 2. The van der Waals surface area contributed by atoms with E-state index in [9.17, 15) is 9.59 Å². The molecule has 0 saturated carbocycles. The summed E-state index contributed by atoms with van der Waals surface area (Å²) >= 11 is 7.51. The summed E-state index contributed by atoms with van der Waals surface area (Å²) in [5.74, 6) is 0.677. The Bertz CT molecular complexity index is 1320. The van der Waals surface area contributed by atoms with Gasteiger partial charge < -0.3 is 19.4 Å². The highest BCUT2D eigenvalue weighted by molar-refractivity contribution is 7.10. The van der Waals surface area contributed by atoms with Gasteiger partial charge in [-0.25, -0.2) is 4.98 Å². The molecule has 2 amide bonds. The van der Waals surface area contributed by atoms with Crippen LogP contribution in [0.3, 0.4) is 0 Å². The lowest BCUT2D eigenvalue weighted by molar-refractivity contribution is 0.0683. The summed E-state index contributed by atoms with van der Waals surface area (Å²) in [6.45, 7) is 1.22. The second kappa shape index (κ2) is 9.48. The fraction of sp³-hybridized carbons (Fsp3) is 0.240. The maximum atomic E-state index is 12.9. The van der Waals surface area contributed by atoms with Crippen LogP contribution in [0.1, 0.15) is 44.8 Å². The number of hydrogen-bond acceptors (Lipinski definition) is 6. The molecule has 0 spiro atoms. The van der Waals surface area contributed by atoms with Crippen molar-refractivity contribution in [2.24, 2.45) is 0 Å². The van der Waals surface area contributed by atoms with Crippen LogP contribution < -0.4 is 10.1 Å². The van der Waals surface area contributed by atoms with Crippen molar-refractivity contribution < 1.29 is 18.7 Å². The van der Waals surface area contributed by atoms with Gasteiger partial charge in [0.1, 0.15) is 17.0 Å². The third-order valence-corrected chi connectivity index (χ3v) is 7.17. The van der Waals surface area contributed by atoms with Gasteiger partial charge in [0.05, 0.1) is 17.8 Å². The van der Waals surface area contributed by atoms with Gasteiger partial charge in [0, 0.05) is 34.8 Å². The molecule has 1 fully saturated rings. The van der Waals surface area contributed by atoms with Crippen LogP contribution in [0.2, 0.25) is 5.02 Å². The molecular formula is C25H22ClN3O4S. The maximum absolute atomic E-state index is 12.9. The Morgan fingerprint density at radius 1 is 1.18 bits per heavy atom. The first-order valence-corrected chi connectivity index (χ1v) is 12.2. The van der Waals surface area contributed by atoms with E-state index in [0.717, 1.165) is 23.2 Å². The van der Waals surface area contributed by atoms with Crippen molar-refractivity contribution in [3.8, 4) is 5.75 Å². The van der Waals surface area contributed by atoms with Gasteiger partial charge in [-0.2, -0.15) is 0 Å². The standard InChI is InChI=1S/C25H22ClN3O4S/c1-32-21-7-6-17(26)13-18(21)27-23(30)19-14-34-24(28-19)15-8-10-29(11-9-15)25(31)22-12-16-4-2-3-5-20(16)33-22/h2-7,12-15H,8-11H2,1H3,(H,27,30). The Hall–Kier alpha value is -3.36. The van der Waals surface area contributed by atoms with Crippen LogP contribution in [0, 0.1) is 0 Å². The molecule has 7 nitrogen and oxygen atoms in total. The molecule has 2 aromatic carbocycles. The zero-order valence-corrected chi connectivity index (χ0v) is 20.0. The fourth-order valence-corrected chi connectivity index (χ4v) is 5.26. The van der Waals surface area contributed by atoms with Gasteiger partial charge in [0.2, 0.25) is 0 Å². The van der Waals surface area contributed by atoms with Crippen LogP contribution in [0.4, 0.5) is 5.69 Å². The van der Waals surface area contributed by atoms with E-state index in [-0.39, 0.29) is 17.7 Å². The molecule has 0 aliphatic carbocycles. The third-order valence-electron chi connectivity index (χ3n) is 5.93. The summed E-state index contributed by atoms with van der Waals surface area (Å²) in [6, 6.07) is 14.4. The van der Waals surface area contributed by atoms with Crippen molar-refractivity contribution in [2.75, 3.05) is 25.5 Å². The number of fused-ring (bicyclic) bond motifs is 1. The minimum absolute atomic E-state index is 0.0932. The Morgan fingerprint density at radius 3 is 2.74 bits per heavy atom. The number of likely N-dealkylation sites (tertiary alicyclic amines) is 1. The van der Waals surface area contributed by atoms with E-state index in [1.807, 2.05) is 29.2 Å². The summed E-state index contributed by atoms with van der Waals surface area (Å²) in [6.07, 6.45) is 1.56. The zero-order chi connectivity index (χ0) is 23.7. The Morgan fingerprint density at radius 2 is 1.97 bits per heavy atom. The minimum Gasteiger partial charge on any atom is -0.495 e. The average Bonchev–Trinajstić information content (AvgIpc) is 3.52. The van der Waals surface area contributed by atoms with Crippen LogP contribution in [0.25, 0.3) is 11.0 Å². The number of halogens is 1. The molecule has 0 bridgehead atoms. The molecule has 34 heavy (non-hydrogen) atoms. The molecule has 3 heterocycles. The van der Waals surface area contributed by atoms with E-state index in [4.69, 9.17) is 20.8 Å². The summed E-state index contributed by atoms with van der Waals surface area (Å²) in [5, 5.41) is 6.90. The summed E-state index contributed by atoms with van der Waals surface area (Å²) in [5.41, 5.74) is 1.56. The zero-order valence-electron chi connectivity index (χ0n) is 18.4. The van der Waals surface area contributed by atoms with E-state index >= 15 is 0 Å². The highest BCUT2D eigenvalue weighted by Gasteiger charge is 2.28. The lowest BCUT2D eigenvalue weighted by Crippen LogP contribution is -2.37. The number of nitrogens with one attached hydrogen (secondary N) is 1. The van der Waals surface area contributed by atoms with Gasteiger partial charge in [0.25, 0.3) is 11.8 Å². The average molecular weight is 496 g/mol. The molecule has 1 saturated heterocycles. The SMILES string of the molecule is COc1ccc(Cl)cc1NC(=O)c1csc(C2CCN(C(=O)c3cc4ccccc4o3)CC2)n1. The summed E-state index contributed by atoms with van der Waals surface area (Å²) < 4.78 is 11.0. The fourth-order valence-electron chi connectivity index (χ4n) is 4.12. The molecule has 1 aliphatic rings. The lowest BCUT2D eigenvalue weighted by Gasteiger charge is -2.30. The Kier molecular flexibility index (Phi) is 6.26. The molecular weight excluding hydrogens is 474 g/mol. The quantitative estimate of drug-likeness (QED) is 0.377. The van der Waals surface area contributed by atoms with Crippen LogP contribution in [0.5, 0.6) is 5.75 Å². The summed E-state index contributed by atoms with van der Waals surface area (Å²) in [7, 11) is 1.53. The van der Waals surface area contributed by atoms with Crippen molar-refractivity contribution in [3.05, 3.63) is 75.4 Å². The van der Waals surface area contributed by atoms with Gasteiger partial charge in [-0.3, -0.25) is 9.59 Å². The van der Waals surface area contributed by atoms with Gasteiger partial charge in [-0.15, -0.1) is 11.3 Å². The van der Waals surface area contributed by atoms with Crippen LogP contribution in [-0.2, 0) is 0 Å². The van der Waals surface area contributed by atoms with Crippen LogP contribution in [0.15, 0.2) is 58.3 Å². The topological polar surface area (TPSA) is 84.7 Å². The van der Waals surface area contributed by atoms with Gasteiger partial charge in [-0.1, -0.05) is 29.8 Å².